The second kappa shape index (κ2) is 6.26. The maximum atomic E-state index is 13.9. The van der Waals surface area contributed by atoms with Crippen LogP contribution in [0.4, 0.5) is 0 Å². The highest BCUT2D eigenvalue weighted by molar-refractivity contribution is 6.25. The topological polar surface area (TPSA) is 73.6 Å². The van der Waals surface area contributed by atoms with Gasteiger partial charge in [0.05, 0.1) is 11.7 Å². The molecule has 1 aliphatic carbocycles. The Hall–Kier alpha value is -3.99. The molecule has 3 aromatic carbocycles. The van der Waals surface area contributed by atoms with Crippen molar-refractivity contribution in [2.24, 2.45) is 10.8 Å². The van der Waals surface area contributed by atoms with Crippen LogP contribution in [0.1, 0.15) is 39.3 Å². The van der Waals surface area contributed by atoms with Gasteiger partial charge in [0, 0.05) is 17.0 Å². The summed E-state index contributed by atoms with van der Waals surface area (Å²) in [6.07, 6.45) is 1.38. The molecular formula is C27H18O5. The molecule has 1 aromatic heterocycles. The number of esters is 1. The first-order valence-corrected chi connectivity index (χ1v) is 10.4. The molecule has 3 atom stereocenters. The Morgan fingerprint density at radius 1 is 0.844 bits per heavy atom. The molecule has 4 aromatic rings. The molecule has 0 bridgehead atoms. The Labute approximate surface area is 183 Å². The lowest BCUT2D eigenvalue weighted by molar-refractivity contribution is -0.140. The predicted octanol–water partition coefficient (Wildman–Crippen LogP) is 5.21. The van der Waals surface area contributed by atoms with E-state index in [2.05, 4.69) is 0 Å². The molecule has 2 aliphatic rings. The molecule has 0 spiro atoms. The average Bonchev–Trinajstić information content (AvgIpc) is 3.14. The molecule has 5 heteroatoms. The van der Waals surface area contributed by atoms with Crippen molar-refractivity contribution in [2.45, 2.75) is 12.8 Å². The number of fused-ring (bicyclic) bond motifs is 5. The van der Waals surface area contributed by atoms with Crippen molar-refractivity contribution in [3.8, 4) is 5.75 Å². The fourth-order valence-electron chi connectivity index (χ4n) is 5.56. The third kappa shape index (κ3) is 2.10. The Morgan fingerprint density at radius 3 is 2.34 bits per heavy atom. The van der Waals surface area contributed by atoms with E-state index in [-0.39, 0.29) is 11.5 Å². The molecule has 156 valence electrons. The van der Waals surface area contributed by atoms with Crippen LogP contribution in [0.15, 0.2) is 89.5 Å². The number of hydrogen-bond acceptors (Lipinski definition) is 5. The molecule has 32 heavy (non-hydrogen) atoms. The molecule has 0 N–H and O–H groups in total. The molecule has 0 radical (unpaired) electrons. The van der Waals surface area contributed by atoms with Gasteiger partial charge in [0.15, 0.2) is 17.0 Å². The van der Waals surface area contributed by atoms with Gasteiger partial charge in [-0.05, 0) is 29.0 Å². The number of rotatable bonds is 4. The molecule has 1 saturated carbocycles. The number of hydrogen-bond donors (Lipinski definition) is 0. The lowest BCUT2D eigenvalue weighted by Crippen LogP contribution is -2.39. The second-order valence-corrected chi connectivity index (χ2v) is 8.53. The zero-order valence-corrected chi connectivity index (χ0v) is 17.2. The van der Waals surface area contributed by atoms with Gasteiger partial charge in [-0.1, -0.05) is 67.6 Å². The molecule has 0 saturated heterocycles. The first-order chi connectivity index (χ1) is 15.5. The molecular weight excluding hydrogens is 404 g/mol. The minimum atomic E-state index is -1.69. The number of Topliss-reactive ketones (excluding diaryl/α,β-unsaturated/α-hetero) is 2. The minimum Gasteiger partial charge on any atom is -0.461 e. The summed E-state index contributed by atoms with van der Waals surface area (Å²) in [4.78, 5) is 41.2. The van der Waals surface area contributed by atoms with Gasteiger partial charge in [-0.15, -0.1) is 0 Å². The van der Waals surface area contributed by atoms with Crippen LogP contribution in [0.2, 0.25) is 0 Å². The molecule has 5 nitrogen and oxygen atoms in total. The Bertz CT molecular complexity index is 1420. The van der Waals surface area contributed by atoms with E-state index in [9.17, 15) is 14.4 Å². The van der Waals surface area contributed by atoms with E-state index < -0.39 is 28.5 Å². The van der Waals surface area contributed by atoms with Gasteiger partial charge in [0.2, 0.25) is 5.78 Å². The SMILES string of the molecule is C[C@@]1(C(=O)c2ccccc2)[C@H]2c3c(ccc4ccccc34)OC(=O)[C@@]21C(=O)c1ccco1. The fourth-order valence-corrected chi connectivity index (χ4v) is 5.56. The average molecular weight is 422 g/mol. The largest absolute Gasteiger partial charge is 0.461 e. The van der Waals surface area contributed by atoms with Crippen LogP contribution < -0.4 is 4.74 Å². The smallest absolute Gasteiger partial charge is 0.327 e. The highest BCUT2D eigenvalue weighted by atomic mass is 16.5. The maximum Gasteiger partial charge on any atom is 0.327 e. The molecule has 6 rings (SSSR count). The normalized spacial score (nSPS) is 25.5. The third-order valence-electron chi connectivity index (χ3n) is 7.10. The van der Waals surface area contributed by atoms with Crippen LogP contribution in [0.3, 0.4) is 0 Å². The summed E-state index contributed by atoms with van der Waals surface area (Å²) < 4.78 is 11.1. The van der Waals surface area contributed by atoms with Crippen molar-refractivity contribution in [3.05, 3.63) is 102 Å². The Kier molecular flexibility index (Phi) is 3.67. The van der Waals surface area contributed by atoms with Crippen LogP contribution in [0.5, 0.6) is 5.75 Å². The zero-order chi connectivity index (χ0) is 22.1. The summed E-state index contributed by atoms with van der Waals surface area (Å²) in [7, 11) is 0. The van der Waals surface area contributed by atoms with Crippen molar-refractivity contribution >= 4 is 28.3 Å². The highest BCUT2D eigenvalue weighted by Gasteiger charge is 2.88. The van der Waals surface area contributed by atoms with Crippen molar-refractivity contribution in [2.75, 3.05) is 0 Å². The van der Waals surface area contributed by atoms with Crippen LogP contribution in [0, 0.1) is 10.8 Å². The molecule has 0 unspecified atom stereocenters. The number of carbonyl (C=O) groups is 3. The summed E-state index contributed by atoms with van der Waals surface area (Å²) in [5.41, 5.74) is -1.83. The van der Waals surface area contributed by atoms with E-state index in [0.717, 1.165) is 16.3 Å². The van der Waals surface area contributed by atoms with Crippen molar-refractivity contribution in [1.29, 1.82) is 0 Å². The third-order valence-corrected chi connectivity index (χ3v) is 7.10. The quantitative estimate of drug-likeness (QED) is 0.195. The van der Waals surface area contributed by atoms with E-state index in [0.29, 0.717) is 11.3 Å². The summed E-state index contributed by atoms with van der Waals surface area (Å²) >= 11 is 0. The van der Waals surface area contributed by atoms with Crippen LogP contribution in [-0.4, -0.2) is 17.5 Å². The van der Waals surface area contributed by atoms with Crippen molar-refractivity contribution in [3.63, 3.8) is 0 Å². The number of ether oxygens (including phenoxy) is 1. The predicted molar refractivity (Wildman–Crippen MR) is 117 cm³/mol. The molecule has 0 amide bonds. The number of carbonyl (C=O) groups excluding carboxylic acids is 3. The Morgan fingerprint density at radius 2 is 1.59 bits per heavy atom. The van der Waals surface area contributed by atoms with Gasteiger partial charge in [-0.3, -0.25) is 14.4 Å². The molecule has 1 aliphatic heterocycles. The van der Waals surface area contributed by atoms with Gasteiger partial charge < -0.3 is 9.15 Å². The van der Waals surface area contributed by atoms with Crippen molar-refractivity contribution in [1.82, 2.24) is 0 Å². The van der Waals surface area contributed by atoms with Gasteiger partial charge in [0.1, 0.15) is 5.75 Å². The first kappa shape index (κ1) is 18.8. The van der Waals surface area contributed by atoms with Crippen molar-refractivity contribution < 1.29 is 23.5 Å². The standard InChI is InChI=1S/C27H18O5/c1-26(23(28)17-9-3-2-4-10-17)22-21-18-11-6-5-8-16(18)13-14-19(21)32-25(30)27(22,26)24(29)20-12-7-15-31-20/h2-15,22H,1H3/t22-,26+,27+/m1/s1. The highest BCUT2D eigenvalue weighted by Crippen LogP contribution is 2.79. The van der Waals surface area contributed by atoms with Crippen LogP contribution in [-0.2, 0) is 4.79 Å². The lowest BCUT2D eigenvalue weighted by Gasteiger charge is -2.23. The van der Waals surface area contributed by atoms with E-state index in [4.69, 9.17) is 9.15 Å². The van der Waals surface area contributed by atoms with Gasteiger partial charge in [0.25, 0.3) is 0 Å². The van der Waals surface area contributed by atoms with Gasteiger partial charge in [-0.25, -0.2) is 0 Å². The molecule has 1 fully saturated rings. The van der Waals surface area contributed by atoms with Gasteiger partial charge in [-0.2, -0.15) is 0 Å². The summed E-state index contributed by atoms with van der Waals surface area (Å²) in [5, 5.41) is 1.81. The summed E-state index contributed by atoms with van der Waals surface area (Å²) in [6, 6.07) is 23.2. The number of ketones is 2. The molecule has 2 heterocycles. The zero-order valence-electron chi connectivity index (χ0n) is 17.2. The monoisotopic (exact) mass is 422 g/mol. The van der Waals surface area contributed by atoms with Crippen LogP contribution >= 0.6 is 0 Å². The maximum absolute atomic E-state index is 13.9. The van der Waals surface area contributed by atoms with E-state index in [1.807, 2.05) is 36.4 Å². The summed E-state index contributed by atoms with van der Waals surface area (Å²) in [6.45, 7) is 1.70. The first-order valence-electron chi connectivity index (χ1n) is 10.4. The fraction of sp³-hybridized carbons (Fsp3) is 0.148. The van der Waals surface area contributed by atoms with E-state index in [1.165, 1.54) is 12.3 Å². The van der Waals surface area contributed by atoms with E-state index in [1.54, 1.807) is 43.3 Å². The van der Waals surface area contributed by atoms with Gasteiger partial charge >= 0.3 is 5.97 Å². The minimum absolute atomic E-state index is 0.0419. The summed E-state index contributed by atoms with van der Waals surface area (Å²) in [5.74, 6) is -1.73. The number of furan rings is 1. The van der Waals surface area contributed by atoms with Crippen LogP contribution in [0.25, 0.3) is 10.8 Å². The second-order valence-electron chi connectivity index (χ2n) is 8.53. The number of benzene rings is 3. The van der Waals surface area contributed by atoms with E-state index >= 15 is 0 Å². The Balaban J connectivity index is 1.64. The lowest BCUT2D eigenvalue weighted by atomic mass is 9.83.